The molecule has 1 aromatic rings. The predicted octanol–water partition coefficient (Wildman–Crippen LogP) is 2.52. The molecule has 0 bridgehead atoms. The zero-order chi connectivity index (χ0) is 14.5. The van der Waals surface area contributed by atoms with Gasteiger partial charge in [0.05, 0.1) is 0 Å². The van der Waals surface area contributed by atoms with Crippen LogP contribution < -0.4 is 11.1 Å². The van der Waals surface area contributed by atoms with Gasteiger partial charge in [0.1, 0.15) is 0 Å². The van der Waals surface area contributed by atoms with Gasteiger partial charge in [-0.05, 0) is 25.8 Å². The van der Waals surface area contributed by atoms with Crippen LogP contribution in [0.3, 0.4) is 0 Å². The lowest BCUT2D eigenvalue weighted by atomic mass is 9.84. The van der Waals surface area contributed by atoms with Gasteiger partial charge < -0.3 is 11.1 Å². The molecular weight excluding hydrogens is 236 g/mol. The summed E-state index contributed by atoms with van der Waals surface area (Å²) < 4.78 is 0. The lowest BCUT2D eigenvalue weighted by Gasteiger charge is -2.26. The van der Waals surface area contributed by atoms with Crippen molar-refractivity contribution >= 4 is 5.91 Å². The van der Waals surface area contributed by atoms with Crippen molar-refractivity contribution in [2.24, 2.45) is 5.73 Å². The van der Waals surface area contributed by atoms with E-state index in [0.29, 0.717) is 13.0 Å². The number of hydrogen-bond donors (Lipinski definition) is 2. The molecule has 0 radical (unpaired) electrons. The highest BCUT2D eigenvalue weighted by molar-refractivity contribution is 5.76. The number of rotatable bonds is 6. The lowest BCUT2D eigenvalue weighted by Crippen LogP contribution is -2.37. The van der Waals surface area contributed by atoms with Gasteiger partial charge in [0.2, 0.25) is 5.91 Å². The summed E-state index contributed by atoms with van der Waals surface area (Å²) in [6, 6.07) is 8.51. The summed E-state index contributed by atoms with van der Waals surface area (Å²) in [7, 11) is 0. The van der Waals surface area contributed by atoms with Gasteiger partial charge in [-0.25, -0.2) is 0 Å². The minimum absolute atomic E-state index is 0.0595. The highest BCUT2D eigenvalue weighted by Gasteiger charge is 2.21. The van der Waals surface area contributed by atoms with Gasteiger partial charge >= 0.3 is 0 Å². The zero-order valence-corrected chi connectivity index (χ0v) is 12.5. The Hall–Kier alpha value is -1.35. The minimum atomic E-state index is -0.0595. The molecule has 0 aliphatic rings. The van der Waals surface area contributed by atoms with E-state index in [9.17, 15) is 4.79 Å². The number of benzene rings is 1. The number of aryl methyl sites for hydroxylation is 1. The Balaban J connectivity index is 2.53. The maximum Gasteiger partial charge on any atom is 0.220 e. The van der Waals surface area contributed by atoms with Gasteiger partial charge in [-0.1, -0.05) is 43.7 Å². The van der Waals surface area contributed by atoms with Crippen LogP contribution in [0.25, 0.3) is 0 Å². The van der Waals surface area contributed by atoms with Gasteiger partial charge in [-0.3, -0.25) is 4.79 Å². The molecule has 0 spiro atoms. The number of nitrogens with two attached hydrogens (primary N) is 1. The fourth-order valence-electron chi connectivity index (χ4n) is 1.93. The quantitative estimate of drug-likeness (QED) is 0.827. The highest BCUT2D eigenvalue weighted by Crippen LogP contribution is 2.23. The lowest BCUT2D eigenvalue weighted by molar-refractivity contribution is -0.121. The smallest absolute Gasteiger partial charge is 0.220 e. The Morgan fingerprint density at radius 2 is 2.11 bits per heavy atom. The van der Waals surface area contributed by atoms with Gasteiger partial charge in [0, 0.05) is 24.4 Å². The molecule has 0 aliphatic carbocycles. The molecule has 0 saturated carbocycles. The molecule has 1 aromatic carbocycles. The molecule has 3 nitrogen and oxygen atoms in total. The first-order chi connectivity index (χ1) is 8.81. The molecule has 0 aliphatic heterocycles. The van der Waals surface area contributed by atoms with E-state index in [1.54, 1.807) is 0 Å². The van der Waals surface area contributed by atoms with Crippen LogP contribution in [0.1, 0.15) is 44.7 Å². The molecule has 0 saturated heterocycles. The first kappa shape index (κ1) is 15.7. The van der Waals surface area contributed by atoms with Crippen molar-refractivity contribution in [3.8, 4) is 0 Å². The summed E-state index contributed by atoms with van der Waals surface area (Å²) in [5.74, 6) is 0.0815. The monoisotopic (exact) mass is 262 g/mol. The van der Waals surface area contributed by atoms with Crippen LogP contribution in [-0.2, 0) is 10.2 Å². The van der Waals surface area contributed by atoms with Crippen LogP contribution in [0.4, 0.5) is 0 Å². The molecule has 0 heterocycles. The van der Waals surface area contributed by atoms with Crippen LogP contribution in [0, 0.1) is 6.92 Å². The van der Waals surface area contributed by atoms with E-state index in [-0.39, 0.29) is 17.4 Å². The van der Waals surface area contributed by atoms with Crippen molar-refractivity contribution in [3.05, 3.63) is 35.4 Å². The molecule has 1 amide bonds. The average Bonchev–Trinajstić information content (AvgIpc) is 2.34. The Kier molecular flexibility index (Phi) is 5.55. The summed E-state index contributed by atoms with van der Waals surface area (Å²) in [5.41, 5.74) is 8.09. The third kappa shape index (κ3) is 5.43. The van der Waals surface area contributed by atoms with E-state index in [1.165, 1.54) is 11.1 Å². The summed E-state index contributed by atoms with van der Waals surface area (Å²) in [5, 5.41) is 3.00. The Morgan fingerprint density at radius 3 is 2.68 bits per heavy atom. The minimum Gasteiger partial charge on any atom is -0.355 e. The molecule has 1 unspecified atom stereocenters. The van der Waals surface area contributed by atoms with Gasteiger partial charge in [-0.15, -0.1) is 0 Å². The third-order valence-corrected chi connectivity index (χ3v) is 3.35. The van der Waals surface area contributed by atoms with E-state index >= 15 is 0 Å². The fourth-order valence-corrected chi connectivity index (χ4v) is 1.93. The SMILES string of the molecule is Cc1cccc(C(C)(C)CNC(=O)CCC(C)N)c1. The highest BCUT2D eigenvalue weighted by atomic mass is 16.1. The van der Waals surface area contributed by atoms with Gasteiger partial charge in [-0.2, -0.15) is 0 Å². The summed E-state index contributed by atoms with van der Waals surface area (Å²) in [4.78, 5) is 11.7. The Morgan fingerprint density at radius 1 is 1.42 bits per heavy atom. The molecule has 0 aromatic heterocycles. The molecule has 1 rings (SSSR count). The standard InChI is InChI=1S/C16H26N2O/c1-12-6-5-7-14(10-12)16(3,4)11-18-15(19)9-8-13(2)17/h5-7,10,13H,8-9,11,17H2,1-4H3,(H,18,19). The van der Waals surface area contributed by atoms with Crippen molar-refractivity contribution in [2.45, 2.75) is 52.0 Å². The number of nitrogens with one attached hydrogen (secondary N) is 1. The third-order valence-electron chi connectivity index (χ3n) is 3.35. The van der Waals surface area contributed by atoms with Crippen LogP contribution in [0.2, 0.25) is 0 Å². The van der Waals surface area contributed by atoms with Crippen molar-refractivity contribution in [1.82, 2.24) is 5.32 Å². The molecule has 3 heteroatoms. The number of carbonyl (C=O) groups is 1. The molecule has 3 N–H and O–H groups in total. The van der Waals surface area contributed by atoms with E-state index in [1.807, 2.05) is 6.92 Å². The van der Waals surface area contributed by atoms with Crippen LogP contribution in [0.5, 0.6) is 0 Å². The Labute approximate surface area is 116 Å². The molecule has 106 valence electrons. The first-order valence-corrected chi connectivity index (χ1v) is 6.91. The fraction of sp³-hybridized carbons (Fsp3) is 0.562. The van der Waals surface area contributed by atoms with Crippen LogP contribution >= 0.6 is 0 Å². The average molecular weight is 262 g/mol. The van der Waals surface area contributed by atoms with Gasteiger partial charge in [0.15, 0.2) is 0 Å². The van der Waals surface area contributed by atoms with Crippen molar-refractivity contribution in [1.29, 1.82) is 0 Å². The molecule has 1 atom stereocenters. The van der Waals surface area contributed by atoms with E-state index in [2.05, 4.69) is 50.4 Å². The summed E-state index contributed by atoms with van der Waals surface area (Å²) in [6.45, 7) is 8.94. The van der Waals surface area contributed by atoms with Gasteiger partial charge in [0.25, 0.3) is 0 Å². The largest absolute Gasteiger partial charge is 0.355 e. The molecular formula is C16H26N2O. The van der Waals surface area contributed by atoms with E-state index in [4.69, 9.17) is 5.73 Å². The second kappa shape index (κ2) is 6.71. The normalized spacial score (nSPS) is 13.1. The number of carbonyl (C=O) groups excluding carboxylic acids is 1. The van der Waals surface area contributed by atoms with Crippen molar-refractivity contribution < 1.29 is 4.79 Å². The second-order valence-electron chi connectivity index (χ2n) is 6.05. The summed E-state index contributed by atoms with van der Waals surface area (Å²) in [6.07, 6.45) is 1.23. The van der Waals surface area contributed by atoms with E-state index in [0.717, 1.165) is 6.42 Å². The van der Waals surface area contributed by atoms with Crippen LogP contribution in [-0.4, -0.2) is 18.5 Å². The Bertz CT molecular complexity index is 425. The molecule has 19 heavy (non-hydrogen) atoms. The summed E-state index contributed by atoms with van der Waals surface area (Å²) >= 11 is 0. The topological polar surface area (TPSA) is 55.1 Å². The number of hydrogen-bond acceptors (Lipinski definition) is 2. The molecule has 0 fully saturated rings. The number of amides is 1. The van der Waals surface area contributed by atoms with Crippen LogP contribution in [0.15, 0.2) is 24.3 Å². The van der Waals surface area contributed by atoms with E-state index < -0.39 is 0 Å². The maximum atomic E-state index is 11.7. The maximum absolute atomic E-state index is 11.7. The van der Waals surface area contributed by atoms with Crippen molar-refractivity contribution in [3.63, 3.8) is 0 Å². The zero-order valence-electron chi connectivity index (χ0n) is 12.5. The second-order valence-corrected chi connectivity index (χ2v) is 6.05. The first-order valence-electron chi connectivity index (χ1n) is 6.91. The predicted molar refractivity (Wildman–Crippen MR) is 80.1 cm³/mol. The van der Waals surface area contributed by atoms with Crippen molar-refractivity contribution in [2.75, 3.05) is 6.54 Å².